The number of esters is 1. The van der Waals surface area contributed by atoms with Crippen molar-refractivity contribution in [2.75, 3.05) is 0 Å². The number of aliphatic hydroxyl groups is 1. The fourth-order valence-corrected chi connectivity index (χ4v) is 7.09. The molecule has 0 aromatic carbocycles. The van der Waals surface area contributed by atoms with Gasteiger partial charge in [-0.1, -0.05) is 26.3 Å². The van der Waals surface area contributed by atoms with Crippen molar-refractivity contribution < 1.29 is 19.4 Å². The Kier molecular flexibility index (Phi) is 4.32. The van der Waals surface area contributed by atoms with Crippen LogP contribution in [0.15, 0.2) is 23.5 Å². The molecule has 0 heterocycles. The van der Waals surface area contributed by atoms with Crippen molar-refractivity contribution in [2.45, 2.75) is 72.3 Å². The van der Waals surface area contributed by atoms with Gasteiger partial charge in [0.05, 0.1) is 5.41 Å². The Morgan fingerprint density at radius 2 is 2.00 bits per heavy atom. The molecule has 4 heteroatoms. The molecule has 0 saturated heterocycles. The first-order valence-electron chi connectivity index (χ1n) is 10.6. The lowest BCUT2D eigenvalue weighted by Gasteiger charge is -2.56. The minimum atomic E-state index is -0.474. The number of carbonyl (C=O) groups is 2. The maximum Gasteiger partial charge on any atom is 0.305 e. The van der Waals surface area contributed by atoms with E-state index in [2.05, 4.69) is 20.8 Å². The molecule has 0 spiro atoms. The molecule has 3 fully saturated rings. The summed E-state index contributed by atoms with van der Waals surface area (Å²) in [5.41, 5.74) is 0.647. The van der Waals surface area contributed by atoms with Gasteiger partial charge in [-0.05, 0) is 68.8 Å². The predicted octanol–water partition coefficient (Wildman–Crippen LogP) is 4.75. The normalized spacial score (nSPS) is 45.9. The lowest BCUT2D eigenvalue weighted by atomic mass is 9.47. The van der Waals surface area contributed by atoms with Gasteiger partial charge in [0.2, 0.25) is 0 Å². The summed E-state index contributed by atoms with van der Waals surface area (Å²) in [4.78, 5) is 25.0. The maximum atomic E-state index is 13.0. The molecule has 0 aliphatic heterocycles. The molecular weight excluding hydrogens is 340 g/mol. The van der Waals surface area contributed by atoms with E-state index in [0.29, 0.717) is 30.1 Å². The second kappa shape index (κ2) is 6.22. The highest BCUT2D eigenvalue weighted by atomic mass is 16.5. The Morgan fingerprint density at radius 3 is 2.70 bits per heavy atom. The van der Waals surface area contributed by atoms with E-state index in [4.69, 9.17) is 4.74 Å². The summed E-state index contributed by atoms with van der Waals surface area (Å²) >= 11 is 0. The van der Waals surface area contributed by atoms with Crippen molar-refractivity contribution in [1.82, 2.24) is 0 Å². The summed E-state index contributed by atoms with van der Waals surface area (Å²) in [6.45, 7) is 8.48. The Labute approximate surface area is 162 Å². The molecule has 1 N–H and O–H groups in total. The van der Waals surface area contributed by atoms with E-state index in [1.807, 2.05) is 13.0 Å². The number of aliphatic hydroxyl groups excluding tert-OH is 1. The third-order valence-electron chi connectivity index (χ3n) is 8.48. The van der Waals surface area contributed by atoms with Crippen molar-refractivity contribution in [3.63, 3.8) is 0 Å². The van der Waals surface area contributed by atoms with Crippen LogP contribution in [0, 0.1) is 34.5 Å². The molecule has 4 rings (SSSR count). The Hall–Kier alpha value is -1.58. The highest BCUT2D eigenvalue weighted by Gasteiger charge is 2.62. The average molecular weight is 373 g/mol. The number of ether oxygens (including phenoxy) is 1. The van der Waals surface area contributed by atoms with Crippen molar-refractivity contribution in [3.05, 3.63) is 23.5 Å². The first-order chi connectivity index (χ1) is 12.7. The molecule has 0 aromatic rings. The monoisotopic (exact) mass is 372 g/mol. The molecule has 0 aromatic heterocycles. The van der Waals surface area contributed by atoms with Crippen molar-refractivity contribution in [3.8, 4) is 0 Å². The highest BCUT2D eigenvalue weighted by Crippen LogP contribution is 2.65. The Balaban J connectivity index is 1.65. The van der Waals surface area contributed by atoms with Gasteiger partial charge in [0.1, 0.15) is 11.9 Å². The minimum Gasteiger partial charge on any atom is -0.508 e. The second-order valence-electron chi connectivity index (χ2n) is 9.74. The summed E-state index contributed by atoms with van der Waals surface area (Å²) in [5, 5.41) is 9.91. The SMILES string of the molecule is CCC(=O)OC1C(C)CC2C3CCC4=CC(O)=CC(=O)C4(C)C3CCC21C. The molecular formula is C23H32O4. The summed E-state index contributed by atoms with van der Waals surface area (Å²) in [6, 6.07) is 0. The van der Waals surface area contributed by atoms with Crippen LogP contribution in [-0.2, 0) is 14.3 Å². The number of ketones is 1. The van der Waals surface area contributed by atoms with Crippen LogP contribution < -0.4 is 0 Å². The molecule has 0 radical (unpaired) electrons. The molecule has 0 bridgehead atoms. The van der Waals surface area contributed by atoms with E-state index in [1.165, 1.54) is 6.08 Å². The Morgan fingerprint density at radius 1 is 1.26 bits per heavy atom. The molecule has 4 aliphatic carbocycles. The van der Waals surface area contributed by atoms with Gasteiger partial charge in [-0.2, -0.15) is 0 Å². The first-order valence-corrected chi connectivity index (χ1v) is 10.6. The summed E-state index contributed by atoms with van der Waals surface area (Å²) in [5.74, 6) is 1.73. The zero-order chi connectivity index (χ0) is 19.6. The summed E-state index contributed by atoms with van der Waals surface area (Å²) in [7, 11) is 0. The molecule has 3 saturated carbocycles. The van der Waals surface area contributed by atoms with Gasteiger partial charge in [0.25, 0.3) is 0 Å². The number of fused-ring (bicyclic) bond motifs is 5. The fraction of sp³-hybridized carbons (Fsp3) is 0.739. The van der Waals surface area contributed by atoms with Gasteiger partial charge in [0.15, 0.2) is 5.78 Å². The zero-order valence-corrected chi connectivity index (χ0v) is 17.0. The first kappa shape index (κ1) is 18.8. The van der Waals surface area contributed by atoms with Crippen molar-refractivity contribution in [1.29, 1.82) is 0 Å². The van der Waals surface area contributed by atoms with Gasteiger partial charge >= 0.3 is 5.97 Å². The molecule has 7 atom stereocenters. The zero-order valence-electron chi connectivity index (χ0n) is 17.0. The van der Waals surface area contributed by atoms with Crippen LogP contribution in [0.2, 0.25) is 0 Å². The van der Waals surface area contributed by atoms with Gasteiger partial charge in [-0.15, -0.1) is 0 Å². The van der Waals surface area contributed by atoms with Crippen LogP contribution in [0.25, 0.3) is 0 Å². The average Bonchev–Trinajstić information content (AvgIpc) is 2.87. The lowest BCUT2D eigenvalue weighted by molar-refractivity contribution is -0.162. The molecule has 4 nitrogen and oxygen atoms in total. The second-order valence-corrected chi connectivity index (χ2v) is 9.74. The third-order valence-corrected chi connectivity index (χ3v) is 8.48. The molecule has 27 heavy (non-hydrogen) atoms. The smallest absolute Gasteiger partial charge is 0.305 e. The fourth-order valence-electron chi connectivity index (χ4n) is 7.09. The van der Waals surface area contributed by atoms with Crippen LogP contribution in [0.1, 0.15) is 66.2 Å². The molecule has 0 amide bonds. The summed E-state index contributed by atoms with van der Waals surface area (Å²) in [6.07, 6.45) is 8.66. The molecule has 7 unspecified atom stereocenters. The standard InChI is InChI=1S/C23H32O4/c1-5-20(26)27-21-13(2)10-18-16-7-6-14-11-15(24)12-19(25)23(14,4)17(16)8-9-22(18,21)3/h11-13,16-18,21,24H,5-10H2,1-4H3. The van der Waals surface area contributed by atoms with E-state index >= 15 is 0 Å². The van der Waals surface area contributed by atoms with Crippen LogP contribution in [0.4, 0.5) is 0 Å². The van der Waals surface area contributed by atoms with E-state index < -0.39 is 5.41 Å². The number of rotatable bonds is 2. The van der Waals surface area contributed by atoms with Crippen molar-refractivity contribution >= 4 is 11.8 Å². The van der Waals surface area contributed by atoms with Gasteiger partial charge in [0, 0.05) is 17.9 Å². The van der Waals surface area contributed by atoms with Gasteiger partial charge in [-0.3, -0.25) is 9.59 Å². The van der Waals surface area contributed by atoms with E-state index in [1.54, 1.807) is 0 Å². The highest BCUT2D eigenvalue weighted by molar-refractivity contribution is 5.99. The number of hydrogen-bond acceptors (Lipinski definition) is 4. The van der Waals surface area contributed by atoms with E-state index in [9.17, 15) is 14.7 Å². The number of allylic oxidation sites excluding steroid dienone is 3. The van der Waals surface area contributed by atoms with E-state index in [0.717, 1.165) is 37.7 Å². The van der Waals surface area contributed by atoms with Crippen LogP contribution in [0.5, 0.6) is 0 Å². The maximum absolute atomic E-state index is 13.0. The molecule has 4 aliphatic rings. The van der Waals surface area contributed by atoms with Gasteiger partial charge < -0.3 is 9.84 Å². The van der Waals surface area contributed by atoms with Gasteiger partial charge in [-0.25, -0.2) is 0 Å². The number of carbonyl (C=O) groups excluding carboxylic acids is 2. The molecule has 148 valence electrons. The lowest BCUT2D eigenvalue weighted by Crippen LogP contribution is -2.53. The third kappa shape index (κ3) is 2.55. The van der Waals surface area contributed by atoms with Crippen LogP contribution >= 0.6 is 0 Å². The van der Waals surface area contributed by atoms with Crippen LogP contribution in [-0.4, -0.2) is 23.0 Å². The minimum absolute atomic E-state index is 0.00774. The Bertz CT molecular complexity index is 735. The quantitative estimate of drug-likeness (QED) is 0.711. The van der Waals surface area contributed by atoms with Crippen molar-refractivity contribution in [2.24, 2.45) is 34.5 Å². The van der Waals surface area contributed by atoms with Crippen LogP contribution in [0.3, 0.4) is 0 Å². The largest absolute Gasteiger partial charge is 0.508 e. The predicted molar refractivity (Wildman–Crippen MR) is 103 cm³/mol. The summed E-state index contributed by atoms with van der Waals surface area (Å²) < 4.78 is 5.93. The topological polar surface area (TPSA) is 63.6 Å². The van der Waals surface area contributed by atoms with E-state index in [-0.39, 0.29) is 29.0 Å². The number of hydrogen-bond donors (Lipinski definition) is 1.